The number of hydrogen-bond acceptors (Lipinski definition) is 5. The van der Waals surface area contributed by atoms with E-state index < -0.39 is 47.6 Å². The van der Waals surface area contributed by atoms with Crippen LogP contribution >= 0.6 is 0 Å². The molecule has 1 aliphatic heterocycles. The summed E-state index contributed by atoms with van der Waals surface area (Å²) in [6.45, 7) is 0.744. The average molecular weight is 491 g/mol. The SMILES string of the molecule is O=C(Nc1ccc(OCC2CCCC2(F)F)c(F)c1)c1nc(N2CCCC2)oc1CC(F)(F)F. The number of benzene rings is 1. The molecule has 1 aromatic heterocycles. The summed E-state index contributed by atoms with van der Waals surface area (Å²) < 4.78 is 91.3. The van der Waals surface area contributed by atoms with Gasteiger partial charge in [-0.1, -0.05) is 0 Å². The molecule has 0 spiro atoms. The number of alkyl halides is 5. The van der Waals surface area contributed by atoms with Gasteiger partial charge in [-0.05, 0) is 37.8 Å². The lowest BCUT2D eigenvalue weighted by Crippen LogP contribution is -2.27. The number of carbonyl (C=O) groups is 1. The number of rotatable bonds is 7. The smallest absolute Gasteiger partial charge is 0.396 e. The highest BCUT2D eigenvalue weighted by Crippen LogP contribution is 2.40. The minimum atomic E-state index is -4.63. The summed E-state index contributed by atoms with van der Waals surface area (Å²) in [5, 5.41) is 2.30. The Kier molecular flexibility index (Phi) is 6.68. The van der Waals surface area contributed by atoms with Gasteiger partial charge >= 0.3 is 6.18 Å². The number of amides is 1. The standard InChI is InChI=1S/C22H23F6N3O3/c23-15-10-14(5-6-16(15)33-12-13-4-3-7-21(13,24)25)29-19(32)18-17(11-22(26,27)28)34-20(30-18)31-8-1-2-9-31/h5-6,10,13H,1-4,7-9,11-12H2,(H,29,32). The summed E-state index contributed by atoms with van der Waals surface area (Å²) in [6.07, 6.45) is -4.05. The zero-order valence-electron chi connectivity index (χ0n) is 18.1. The van der Waals surface area contributed by atoms with Gasteiger partial charge in [-0.2, -0.15) is 18.2 Å². The summed E-state index contributed by atoms with van der Waals surface area (Å²) in [6, 6.07) is 3.24. The van der Waals surface area contributed by atoms with Crippen molar-refractivity contribution in [2.75, 3.05) is 29.9 Å². The quantitative estimate of drug-likeness (QED) is 0.512. The topological polar surface area (TPSA) is 67.6 Å². The number of aromatic nitrogens is 1. The summed E-state index contributed by atoms with van der Waals surface area (Å²) >= 11 is 0. The molecule has 0 bridgehead atoms. The second-order valence-corrected chi connectivity index (χ2v) is 8.51. The van der Waals surface area contributed by atoms with E-state index in [9.17, 15) is 31.1 Å². The van der Waals surface area contributed by atoms with Crippen molar-refractivity contribution in [3.63, 3.8) is 0 Å². The minimum Gasteiger partial charge on any atom is -0.490 e. The molecule has 1 saturated heterocycles. The predicted octanol–water partition coefficient (Wildman–Crippen LogP) is 5.59. The number of halogens is 6. The maximum atomic E-state index is 14.4. The van der Waals surface area contributed by atoms with Crippen molar-refractivity contribution in [2.45, 2.75) is 50.6 Å². The van der Waals surface area contributed by atoms with Crippen molar-refractivity contribution in [3.05, 3.63) is 35.5 Å². The largest absolute Gasteiger partial charge is 0.490 e. The zero-order chi connectivity index (χ0) is 24.5. The molecule has 4 rings (SSSR count). The van der Waals surface area contributed by atoms with Gasteiger partial charge in [0.25, 0.3) is 17.8 Å². The molecule has 1 N–H and O–H groups in total. The molecule has 1 amide bonds. The van der Waals surface area contributed by atoms with Crippen LogP contribution in [0.25, 0.3) is 0 Å². The summed E-state index contributed by atoms with van der Waals surface area (Å²) in [5.74, 6) is -6.67. The molecule has 2 fully saturated rings. The molecule has 0 radical (unpaired) electrons. The van der Waals surface area contributed by atoms with Crippen molar-refractivity contribution >= 4 is 17.6 Å². The van der Waals surface area contributed by atoms with Crippen LogP contribution in [0.2, 0.25) is 0 Å². The van der Waals surface area contributed by atoms with Crippen molar-refractivity contribution in [3.8, 4) is 5.75 Å². The van der Waals surface area contributed by atoms with Crippen molar-refractivity contribution < 1.29 is 40.3 Å². The highest BCUT2D eigenvalue weighted by Gasteiger charge is 2.44. The average Bonchev–Trinajstić information content (AvgIpc) is 3.46. The maximum Gasteiger partial charge on any atom is 0.396 e. The highest BCUT2D eigenvalue weighted by molar-refractivity contribution is 6.03. The van der Waals surface area contributed by atoms with Gasteiger partial charge < -0.3 is 19.4 Å². The molecule has 2 aliphatic rings. The van der Waals surface area contributed by atoms with Crippen molar-refractivity contribution in [1.29, 1.82) is 0 Å². The van der Waals surface area contributed by atoms with Gasteiger partial charge in [0, 0.05) is 31.3 Å². The molecule has 2 heterocycles. The molecule has 6 nitrogen and oxygen atoms in total. The number of nitrogens with zero attached hydrogens (tertiary/aromatic N) is 2. The van der Waals surface area contributed by atoms with E-state index in [4.69, 9.17) is 9.15 Å². The van der Waals surface area contributed by atoms with Crippen molar-refractivity contribution in [2.24, 2.45) is 5.92 Å². The van der Waals surface area contributed by atoms with E-state index in [1.165, 1.54) is 6.07 Å². The van der Waals surface area contributed by atoms with Gasteiger partial charge in [-0.3, -0.25) is 4.79 Å². The molecule has 1 saturated carbocycles. The molecule has 12 heteroatoms. The Morgan fingerprint density at radius 2 is 1.97 bits per heavy atom. The fourth-order valence-electron chi connectivity index (χ4n) is 4.14. The van der Waals surface area contributed by atoms with Gasteiger partial charge in [-0.15, -0.1) is 0 Å². The molecule has 1 aromatic carbocycles. The van der Waals surface area contributed by atoms with Gasteiger partial charge in [0.05, 0.1) is 12.5 Å². The summed E-state index contributed by atoms with van der Waals surface area (Å²) in [4.78, 5) is 18.3. The minimum absolute atomic E-state index is 0.0651. The lowest BCUT2D eigenvalue weighted by atomic mass is 10.1. The third kappa shape index (κ3) is 5.58. The Morgan fingerprint density at radius 1 is 1.24 bits per heavy atom. The van der Waals surface area contributed by atoms with Gasteiger partial charge in [-0.25, -0.2) is 13.2 Å². The Labute approximate surface area is 191 Å². The Morgan fingerprint density at radius 3 is 2.59 bits per heavy atom. The number of oxazole rings is 1. The van der Waals surface area contributed by atoms with Gasteiger partial charge in [0.2, 0.25) is 0 Å². The Bertz CT molecular complexity index is 1030. The van der Waals surface area contributed by atoms with Crippen LogP contribution in [0.3, 0.4) is 0 Å². The molecular formula is C22H23F6N3O3. The second-order valence-electron chi connectivity index (χ2n) is 8.51. The van der Waals surface area contributed by atoms with E-state index >= 15 is 0 Å². The normalized spacial score (nSPS) is 20.1. The fourth-order valence-corrected chi connectivity index (χ4v) is 4.14. The summed E-state index contributed by atoms with van der Waals surface area (Å²) in [5.41, 5.74) is -0.604. The highest BCUT2D eigenvalue weighted by atomic mass is 19.4. The Hall–Kier alpha value is -2.92. The monoisotopic (exact) mass is 491 g/mol. The zero-order valence-corrected chi connectivity index (χ0v) is 18.1. The fraction of sp³-hybridized carbons (Fsp3) is 0.545. The number of anilines is 2. The molecular weight excluding hydrogens is 468 g/mol. The lowest BCUT2D eigenvalue weighted by Gasteiger charge is -2.19. The van der Waals surface area contributed by atoms with Gasteiger partial charge in [0.15, 0.2) is 17.3 Å². The molecule has 34 heavy (non-hydrogen) atoms. The molecule has 1 aliphatic carbocycles. The van der Waals surface area contributed by atoms with Crippen LogP contribution < -0.4 is 15.0 Å². The first kappa shape index (κ1) is 24.2. The third-order valence-corrected chi connectivity index (χ3v) is 5.93. The number of nitrogens with one attached hydrogen (secondary N) is 1. The van der Waals surface area contributed by atoms with E-state index in [0.717, 1.165) is 25.0 Å². The number of ether oxygens (including phenoxy) is 1. The third-order valence-electron chi connectivity index (χ3n) is 5.93. The first-order chi connectivity index (χ1) is 16.0. The van der Waals surface area contributed by atoms with E-state index in [-0.39, 0.29) is 36.9 Å². The molecule has 1 unspecified atom stereocenters. The van der Waals surface area contributed by atoms with Crippen LogP contribution in [0.15, 0.2) is 22.6 Å². The second kappa shape index (κ2) is 9.38. The van der Waals surface area contributed by atoms with E-state index in [2.05, 4.69) is 10.3 Å². The molecule has 186 valence electrons. The van der Waals surface area contributed by atoms with Crippen LogP contribution in [0.1, 0.15) is 48.4 Å². The van der Waals surface area contributed by atoms with Crippen molar-refractivity contribution in [1.82, 2.24) is 4.98 Å². The number of carbonyl (C=O) groups excluding carboxylic acids is 1. The molecule has 1 atom stereocenters. The predicted molar refractivity (Wildman–Crippen MR) is 110 cm³/mol. The van der Waals surface area contributed by atoms with Gasteiger partial charge in [0.1, 0.15) is 12.2 Å². The summed E-state index contributed by atoms with van der Waals surface area (Å²) in [7, 11) is 0. The van der Waals surface area contributed by atoms with Crippen LogP contribution in [0, 0.1) is 11.7 Å². The lowest BCUT2D eigenvalue weighted by molar-refractivity contribution is -0.130. The Balaban J connectivity index is 1.46. The van der Waals surface area contributed by atoms with E-state index in [0.29, 0.717) is 19.5 Å². The number of hydrogen-bond donors (Lipinski definition) is 1. The van der Waals surface area contributed by atoms with Crippen LogP contribution in [-0.2, 0) is 6.42 Å². The van der Waals surface area contributed by atoms with Crippen LogP contribution in [0.5, 0.6) is 5.75 Å². The van der Waals surface area contributed by atoms with E-state index in [1.807, 2.05) is 0 Å². The maximum absolute atomic E-state index is 14.4. The first-order valence-electron chi connectivity index (χ1n) is 10.9. The van der Waals surface area contributed by atoms with Crippen LogP contribution in [-0.4, -0.2) is 42.7 Å². The van der Waals surface area contributed by atoms with Crippen LogP contribution in [0.4, 0.5) is 38.0 Å². The molecule has 2 aromatic rings. The first-order valence-corrected chi connectivity index (χ1v) is 10.9. The van der Waals surface area contributed by atoms with E-state index in [1.54, 1.807) is 4.90 Å².